The van der Waals surface area contributed by atoms with E-state index in [1.54, 1.807) is 13.0 Å². The molecule has 1 atom stereocenters. The van der Waals surface area contributed by atoms with E-state index in [0.29, 0.717) is 5.69 Å². The molecular weight excluding hydrogens is 351 g/mol. The molecule has 1 aromatic heterocycles. The fourth-order valence-corrected chi connectivity index (χ4v) is 3.39. The predicted molar refractivity (Wildman–Crippen MR) is 85.8 cm³/mol. The highest BCUT2D eigenvalue weighted by atomic mass is 19.4. The Morgan fingerprint density at radius 2 is 2.00 bits per heavy atom. The van der Waals surface area contributed by atoms with Crippen molar-refractivity contribution < 1.29 is 27.6 Å². The standard InChI is InChI=1S/C17H14F3N3O3/c1-8-5-10-12(7-11(8)17(18,19)20)21-15-16(25,14(10)24)3-4-23(15)13-6-9(2)22-26-13/h5-7,25H,3-4H2,1-2H3/t16-/m1/s1. The number of carbonyl (C=O) groups excluding carboxylic acids is 1. The number of aryl methyl sites for hydroxylation is 2. The van der Waals surface area contributed by atoms with Crippen LogP contribution in [0, 0.1) is 13.8 Å². The molecular formula is C17H14F3N3O3. The summed E-state index contributed by atoms with van der Waals surface area (Å²) < 4.78 is 44.7. The molecule has 2 aromatic rings. The Balaban J connectivity index is 1.89. The summed E-state index contributed by atoms with van der Waals surface area (Å²) in [5.74, 6) is -0.423. The van der Waals surface area contributed by atoms with Crippen LogP contribution in [0.5, 0.6) is 0 Å². The third-order valence-electron chi connectivity index (χ3n) is 4.70. The Hall–Kier alpha value is -2.68. The number of carbonyl (C=O) groups is 1. The van der Waals surface area contributed by atoms with Crippen LogP contribution in [-0.2, 0) is 6.18 Å². The Bertz CT molecular complexity index is 964. The minimum Gasteiger partial charge on any atom is -0.374 e. The molecule has 0 aliphatic carbocycles. The SMILES string of the molecule is Cc1cc(N2CC[C@@]3(O)C(=O)c4cc(C)c(C(F)(F)F)cc4N=C23)on1. The maximum Gasteiger partial charge on any atom is 0.416 e. The fourth-order valence-electron chi connectivity index (χ4n) is 3.39. The topological polar surface area (TPSA) is 78.9 Å². The molecule has 0 spiro atoms. The third kappa shape index (κ3) is 2.27. The lowest BCUT2D eigenvalue weighted by Crippen LogP contribution is -2.48. The molecule has 26 heavy (non-hydrogen) atoms. The Labute approximate surface area is 145 Å². The van der Waals surface area contributed by atoms with Gasteiger partial charge in [0, 0.05) is 24.6 Å². The maximum absolute atomic E-state index is 13.2. The summed E-state index contributed by atoms with van der Waals surface area (Å²) in [6.45, 7) is 3.21. The number of halogens is 3. The number of alkyl halides is 3. The summed E-state index contributed by atoms with van der Waals surface area (Å²) in [6.07, 6.45) is -4.50. The van der Waals surface area contributed by atoms with Crippen LogP contribution in [-0.4, -0.2) is 34.0 Å². The average molecular weight is 365 g/mol. The van der Waals surface area contributed by atoms with Gasteiger partial charge in [-0.15, -0.1) is 0 Å². The molecule has 3 heterocycles. The van der Waals surface area contributed by atoms with E-state index in [2.05, 4.69) is 10.1 Å². The number of amidine groups is 1. The van der Waals surface area contributed by atoms with Crippen molar-refractivity contribution in [2.24, 2.45) is 4.99 Å². The smallest absolute Gasteiger partial charge is 0.374 e. The lowest BCUT2D eigenvalue weighted by atomic mass is 9.86. The number of aliphatic hydroxyl groups is 1. The predicted octanol–water partition coefficient (Wildman–Crippen LogP) is 3.18. The first kappa shape index (κ1) is 16.8. The van der Waals surface area contributed by atoms with Gasteiger partial charge in [-0.25, -0.2) is 4.99 Å². The number of fused-ring (bicyclic) bond motifs is 2. The Morgan fingerprint density at radius 1 is 1.27 bits per heavy atom. The Kier molecular flexibility index (Phi) is 3.33. The zero-order valence-corrected chi connectivity index (χ0v) is 13.9. The highest BCUT2D eigenvalue weighted by Gasteiger charge is 2.53. The third-order valence-corrected chi connectivity index (χ3v) is 4.70. The summed E-state index contributed by atoms with van der Waals surface area (Å²) in [5.41, 5.74) is -2.38. The van der Waals surface area contributed by atoms with Gasteiger partial charge in [0.2, 0.25) is 11.7 Å². The number of benzene rings is 1. The molecule has 1 N–H and O–H groups in total. The van der Waals surface area contributed by atoms with Gasteiger partial charge >= 0.3 is 6.18 Å². The highest BCUT2D eigenvalue weighted by molar-refractivity contribution is 6.28. The number of hydrogen-bond acceptors (Lipinski definition) is 6. The quantitative estimate of drug-likeness (QED) is 0.840. The van der Waals surface area contributed by atoms with Crippen molar-refractivity contribution >= 4 is 23.2 Å². The van der Waals surface area contributed by atoms with Gasteiger partial charge in [-0.3, -0.25) is 9.69 Å². The molecule has 1 fully saturated rings. The fraction of sp³-hybridized carbons (Fsp3) is 0.353. The summed E-state index contributed by atoms with van der Waals surface area (Å²) in [6, 6.07) is 3.59. The van der Waals surface area contributed by atoms with Crippen molar-refractivity contribution in [2.45, 2.75) is 32.0 Å². The van der Waals surface area contributed by atoms with Gasteiger partial charge in [-0.05, 0) is 31.5 Å². The molecule has 4 rings (SSSR count). The molecule has 2 aliphatic rings. The molecule has 0 radical (unpaired) electrons. The van der Waals surface area contributed by atoms with Crippen LogP contribution >= 0.6 is 0 Å². The number of Topliss-reactive ketones (excluding diaryl/α,β-unsaturated/α-hetero) is 1. The van der Waals surface area contributed by atoms with Gasteiger partial charge in [-0.1, -0.05) is 5.16 Å². The van der Waals surface area contributed by atoms with Crippen LogP contribution in [0.3, 0.4) is 0 Å². The van der Waals surface area contributed by atoms with Crippen molar-refractivity contribution in [3.63, 3.8) is 0 Å². The normalized spacial score (nSPS) is 22.3. The van der Waals surface area contributed by atoms with Crippen LogP contribution in [0.1, 0.15) is 33.6 Å². The second-order valence-corrected chi connectivity index (χ2v) is 6.52. The van der Waals surface area contributed by atoms with Crippen LogP contribution < -0.4 is 4.90 Å². The van der Waals surface area contributed by atoms with Crippen molar-refractivity contribution in [3.8, 4) is 0 Å². The van der Waals surface area contributed by atoms with Gasteiger partial charge in [0.05, 0.1) is 16.9 Å². The summed E-state index contributed by atoms with van der Waals surface area (Å²) in [7, 11) is 0. The van der Waals surface area contributed by atoms with E-state index < -0.39 is 23.1 Å². The number of nitrogens with zero attached hydrogens (tertiary/aromatic N) is 3. The zero-order valence-electron chi connectivity index (χ0n) is 13.9. The first-order chi connectivity index (χ1) is 12.1. The van der Waals surface area contributed by atoms with Crippen molar-refractivity contribution in [2.75, 3.05) is 11.4 Å². The lowest BCUT2D eigenvalue weighted by molar-refractivity contribution is -0.138. The van der Waals surface area contributed by atoms with E-state index in [1.807, 2.05) is 0 Å². The number of anilines is 1. The van der Waals surface area contributed by atoms with Gasteiger partial charge in [-0.2, -0.15) is 13.2 Å². The minimum absolute atomic E-state index is 0.0163. The van der Waals surface area contributed by atoms with Gasteiger partial charge in [0.25, 0.3) is 0 Å². The van der Waals surface area contributed by atoms with Gasteiger partial charge in [0.1, 0.15) is 0 Å². The molecule has 6 nitrogen and oxygen atoms in total. The number of ketones is 1. The number of aliphatic imine (C=N–C) groups is 1. The molecule has 136 valence electrons. The van der Waals surface area contributed by atoms with Gasteiger partial charge < -0.3 is 9.63 Å². The van der Waals surface area contributed by atoms with Crippen LogP contribution in [0.25, 0.3) is 0 Å². The first-order valence-corrected chi connectivity index (χ1v) is 7.90. The van der Waals surface area contributed by atoms with Crippen molar-refractivity contribution in [1.29, 1.82) is 0 Å². The second-order valence-electron chi connectivity index (χ2n) is 6.52. The first-order valence-electron chi connectivity index (χ1n) is 7.90. The van der Waals surface area contributed by atoms with E-state index in [1.165, 1.54) is 11.8 Å². The van der Waals surface area contributed by atoms with E-state index in [0.717, 1.165) is 12.1 Å². The van der Waals surface area contributed by atoms with E-state index in [-0.39, 0.29) is 41.5 Å². The Morgan fingerprint density at radius 3 is 2.62 bits per heavy atom. The van der Waals surface area contributed by atoms with Crippen LogP contribution in [0.15, 0.2) is 27.7 Å². The highest BCUT2D eigenvalue weighted by Crippen LogP contribution is 2.43. The van der Waals surface area contributed by atoms with Gasteiger partial charge in [0.15, 0.2) is 11.4 Å². The summed E-state index contributed by atoms with van der Waals surface area (Å²) in [5, 5.41) is 14.6. The van der Waals surface area contributed by atoms with E-state index >= 15 is 0 Å². The molecule has 0 unspecified atom stereocenters. The molecule has 0 bridgehead atoms. The van der Waals surface area contributed by atoms with Crippen LogP contribution in [0.2, 0.25) is 0 Å². The molecule has 2 aliphatic heterocycles. The number of hydrogen-bond donors (Lipinski definition) is 1. The zero-order chi connectivity index (χ0) is 18.9. The second kappa shape index (κ2) is 5.16. The molecule has 9 heteroatoms. The molecule has 1 saturated heterocycles. The number of aromatic nitrogens is 1. The van der Waals surface area contributed by atoms with E-state index in [9.17, 15) is 23.1 Å². The minimum atomic E-state index is -4.56. The number of rotatable bonds is 1. The largest absolute Gasteiger partial charge is 0.416 e. The van der Waals surface area contributed by atoms with E-state index in [4.69, 9.17) is 4.52 Å². The summed E-state index contributed by atoms with van der Waals surface area (Å²) in [4.78, 5) is 18.5. The average Bonchev–Trinajstić information content (AvgIpc) is 3.11. The molecule has 0 saturated carbocycles. The molecule has 1 aromatic carbocycles. The molecule has 0 amide bonds. The maximum atomic E-state index is 13.2. The van der Waals surface area contributed by atoms with Crippen molar-refractivity contribution in [1.82, 2.24) is 5.16 Å². The lowest BCUT2D eigenvalue weighted by Gasteiger charge is -2.29. The monoisotopic (exact) mass is 365 g/mol. The van der Waals surface area contributed by atoms with Crippen LogP contribution in [0.4, 0.5) is 24.7 Å². The summed E-state index contributed by atoms with van der Waals surface area (Å²) >= 11 is 0. The van der Waals surface area contributed by atoms with Crippen molar-refractivity contribution in [3.05, 3.63) is 40.6 Å².